The molecule has 2 aromatic rings. The van der Waals surface area contributed by atoms with Crippen LogP contribution in [0.3, 0.4) is 0 Å². The third-order valence-corrected chi connectivity index (χ3v) is 3.90. The van der Waals surface area contributed by atoms with E-state index in [0.717, 1.165) is 24.9 Å². The summed E-state index contributed by atoms with van der Waals surface area (Å²) in [5, 5.41) is 5.29. The Bertz CT molecular complexity index is 741. The number of nitrogens with one attached hydrogen (secondary N) is 2. The Morgan fingerprint density at radius 2 is 1.74 bits per heavy atom. The summed E-state index contributed by atoms with van der Waals surface area (Å²) < 4.78 is 12.8. The van der Waals surface area contributed by atoms with Crippen molar-refractivity contribution in [2.75, 3.05) is 11.9 Å². The molecule has 23 heavy (non-hydrogen) atoms. The van der Waals surface area contributed by atoms with Gasteiger partial charge in [-0.15, -0.1) is 0 Å². The van der Waals surface area contributed by atoms with Crippen LogP contribution in [0.5, 0.6) is 0 Å². The highest BCUT2D eigenvalue weighted by atomic mass is 19.1. The lowest BCUT2D eigenvalue weighted by molar-refractivity contribution is -0.115. The summed E-state index contributed by atoms with van der Waals surface area (Å²) in [6.45, 7) is -0.132. The quantitative estimate of drug-likeness (QED) is 0.912. The van der Waals surface area contributed by atoms with Gasteiger partial charge < -0.3 is 10.6 Å². The summed E-state index contributed by atoms with van der Waals surface area (Å²) in [7, 11) is 0. The number of aryl methyl sites for hydroxylation is 2. The van der Waals surface area contributed by atoms with Crippen molar-refractivity contribution >= 4 is 17.5 Å². The Balaban J connectivity index is 1.53. The third-order valence-electron chi connectivity index (χ3n) is 3.90. The minimum Gasteiger partial charge on any atom is -0.343 e. The molecular formula is C18H17FN2O2. The Labute approximate surface area is 133 Å². The number of carbonyl (C=O) groups excluding carboxylic acids is 2. The minimum absolute atomic E-state index is 0.132. The fourth-order valence-electron chi connectivity index (χ4n) is 2.72. The zero-order valence-electron chi connectivity index (χ0n) is 12.6. The van der Waals surface area contributed by atoms with Crippen molar-refractivity contribution in [3.05, 3.63) is 65.0 Å². The standard InChI is InChI=1S/C18H17FN2O2/c19-15-7-4-13(5-8-15)18(23)20-11-17(22)21-16-9-6-12-2-1-3-14(12)10-16/h4-10H,1-3,11H2,(H,20,23)(H,21,22). The van der Waals surface area contributed by atoms with Crippen molar-refractivity contribution in [3.8, 4) is 0 Å². The first kappa shape index (κ1) is 15.2. The van der Waals surface area contributed by atoms with Crippen molar-refractivity contribution in [3.63, 3.8) is 0 Å². The SMILES string of the molecule is O=C(CNC(=O)c1ccc(F)cc1)Nc1ccc2c(c1)CCC2. The number of hydrogen-bond acceptors (Lipinski definition) is 2. The number of benzene rings is 2. The Morgan fingerprint density at radius 3 is 2.52 bits per heavy atom. The fraction of sp³-hybridized carbons (Fsp3) is 0.222. The highest BCUT2D eigenvalue weighted by Crippen LogP contribution is 2.24. The van der Waals surface area contributed by atoms with Crippen LogP contribution in [0.4, 0.5) is 10.1 Å². The first-order valence-corrected chi connectivity index (χ1v) is 7.57. The van der Waals surface area contributed by atoms with Gasteiger partial charge in [-0.3, -0.25) is 9.59 Å². The predicted molar refractivity (Wildman–Crippen MR) is 85.8 cm³/mol. The average Bonchev–Trinajstić information content (AvgIpc) is 3.01. The molecule has 0 saturated carbocycles. The number of amides is 2. The molecule has 2 aromatic carbocycles. The second kappa shape index (κ2) is 6.60. The van der Waals surface area contributed by atoms with E-state index in [1.165, 1.54) is 35.4 Å². The number of hydrogen-bond donors (Lipinski definition) is 2. The van der Waals surface area contributed by atoms with E-state index in [-0.39, 0.29) is 12.5 Å². The van der Waals surface area contributed by atoms with Gasteiger partial charge in [-0.2, -0.15) is 0 Å². The van der Waals surface area contributed by atoms with Crippen molar-refractivity contribution in [2.45, 2.75) is 19.3 Å². The van der Waals surface area contributed by atoms with Crippen LogP contribution in [0.2, 0.25) is 0 Å². The van der Waals surface area contributed by atoms with E-state index in [0.29, 0.717) is 5.56 Å². The van der Waals surface area contributed by atoms with E-state index >= 15 is 0 Å². The molecule has 0 radical (unpaired) electrons. The number of fused-ring (bicyclic) bond motifs is 1. The molecule has 0 unspecified atom stereocenters. The minimum atomic E-state index is -0.408. The molecule has 3 rings (SSSR count). The van der Waals surface area contributed by atoms with Crippen LogP contribution >= 0.6 is 0 Å². The van der Waals surface area contributed by atoms with Gasteiger partial charge in [-0.25, -0.2) is 4.39 Å². The lowest BCUT2D eigenvalue weighted by atomic mass is 10.1. The maximum Gasteiger partial charge on any atom is 0.251 e. The number of anilines is 1. The van der Waals surface area contributed by atoms with E-state index in [2.05, 4.69) is 10.6 Å². The highest BCUT2D eigenvalue weighted by molar-refractivity contribution is 5.99. The van der Waals surface area contributed by atoms with Gasteiger partial charge >= 0.3 is 0 Å². The molecule has 2 N–H and O–H groups in total. The van der Waals surface area contributed by atoms with Crippen molar-refractivity contribution in [1.29, 1.82) is 0 Å². The molecule has 0 aliphatic heterocycles. The van der Waals surface area contributed by atoms with Crippen LogP contribution in [0.1, 0.15) is 27.9 Å². The molecule has 2 amide bonds. The molecule has 4 nitrogen and oxygen atoms in total. The van der Waals surface area contributed by atoms with Gasteiger partial charge in [0.25, 0.3) is 5.91 Å². The zero-order chi connectivity index (χ0) is 16.2. The van der Waals surface area contributed by atoms with Crippen molar-refractivity contribution in [1.82, 2.24) is 5.32 Å². The van der Waals surface area contributed by atoms with Crippen LogP contribution in [-0.2, 0) is 17.6 Å². The average molecular weight is 312 g/mol. The molecule has 0 heterocycles. The van der Waals surface area contributed by atoms with E-state index in [9.17, 15) is 14.0 Å². The summed E-state index contributed by atoms with van der Waals surface area (Å²) in [6, 6.07) is 11.1. The van der Waals surface area contributed by atoms with E-state index in [1.807, 2.05) is 18.2 Å². The van der Waals surface area contributed by atoms with E-state index < -0.39 is 11.7 Å². The molecule has 5 heteroatoms. The second-order valence-electron chi connectivity index (χ2n) is 5.57. The topological polar surface area (TPSA) is 58.2 Å². The van der Waals surface area contributed by atoms with Crippen molar-refractivity contribution in [2.24, 2.45) is 0 Å². The second-order valence-corrected chi connectivity index (χ2v) is 5.57. The molecule has 0 bridgehead atoms. The lowest BCUT2D eigenvalue weighted by Crippen LogP contribution is -2.32. The zero-order valence-corrected chi connectivity index (χ0v) is 12.6. The largest absolute Gasteiger partial charge is 0.343 e. The first-order chi connectivity index (χ1) is 11.1. The Hall–Kier alpha value is -2.69. The Morgan fingerprint density at radius 1 is 1.00 bits per heavy atom. The highest BCUT2D eigenvalue weighted by Gasteiger charge is 2.12. The van der Waals surface area contributed by atoms with Crippen LogP contribution < -0.4 is 10.6 Å². The summed E-state index contributed by atoms with van der Waals surface area (Å²) in [5.41, 5.74) is 3.68. The molecule has 0 saturated heterocycles. The van der Waals surface area contributed by atoms with Gasteiger partial charge in [0.1, 0.15) is 5.82 Å². The van der Waals surface area contributed by atoms with E-state index in [4.69, 9.17) is 0 Å². The smallest absolute Gasteiger partial charge is 0.251 e. The molecule has 0 spiro atoms. The van der Waals surface area contributed by atoms with Crippen molar-refractivity contribution < 1.29 is 14.0 Å². The van der Waals surface area contributed by atoms with Gasteiger partial charge in [0.05, 0.1) is 6.54 Å². The molecule has 118 valence electrons. The first-order valence-electron chi connectivity index (χ1n) is 7.57. The number of halogens is 1. The van der Waals surface area contributed by atoms with Gasteiger partial charge in [-0.1, -0.05) is 6.07 Å². The van der Waals surface area contributed by atoms with E-state index in [1.54, 1.807) is 0 Å². The third kappa shape index (κ3) is 3.74. The van der Waals surface area contributed by atoms with Gasteiger partial charge in [0, 0.05) is 11.3 Å². The molecule has 1 aliphatic carbocycles. The van der Waals surface area contributed by atoms with Gasteiger partial charge in [-0.05, 0) is 66.8 Å². The van der Waals surface area contributed by atoms with Gasteiger partial charge in [0.2, 0.25) is 5.91 Å². The maximum atomic E-state index is 12.8. The molecule has 0 atom stereocenters. The lowest BCUT2D eigenvalue weighted by Gasteiger charge is -2.08. The number of rotatable bonds is 4. The Kier molecular flexibility index (Phi) is 4.37. The monoisotopic (exact) mass is 312 g/mol. The van der Waals surface area contributed by atoms with Crippen LogP contribution in [0, 0.1) is 5.82 Å². The summed E-state index contributed by atoms with van der Waals surface area (Å²) in [5.74, 6) is -1.11. The molecule has 0 aromatic heterocycles. The fourth-order valence-corrected chi connectivity index (χ4v) is 2.72. The normalized spacial score (nSPS) is 12.6. The van der Waals surface area contributed by atoms with Crippen LogP contribution in [0.15, 0.2) is 42.5 Å². The molecule has 1 aliphatic rings. The molecule has 0 fully saturated rings. The summed E-state index contributed by atoms with van der Waals surface area (Å²) in [6.07, 6.45) is 3.29. The maximum absolute atomic E-state index is 12.8. The molecular weight excluding hydrogens is 295 g/mol. The van der Waals surface area contributed by atoms with Gasteiger partial charge in [0.15, 0.2) is 0 Å². The number of carbonyl (C=O) groups is 2. The summed E-state index contributed by atoms with van der Waals surface area (Å²) in [4.78, 5) is 23.8. The summed E-state index contributed by atoms with van der Waals surface area (Å²) >= 11 is 0. The van der Waals surface area contributed by atoms with Crippen LogP contribution in [-0.4, -0.2) is 18.4 Å². The predicted octanol–water partition coefficient (Wildman–Crippen LogP) is 2.68. The van der Waals surface area contributed by atoms with Crippen LogP contribution in [0.25, 0.3) is 0 Å².